The van der Waals surface area contributed by atoms with Crippen molar-refractivity contribution < 1.29 is 17.2 Å². The lowest BCUT2D eigenvalue weighted by Crippen LogP contribution is -2.23. The van der Waals surface area contributed by atoms with Gasteiger partial charge in [0.25, 0.3) is 0 Å². The number of halogens is 1. The minimum Gasteiger partial charge on any atom is -0.419 e. The van der Waals surface area contributed by atoms with Crippen LogP contribution in [0.3, 0.4) is 0 Å². The first-order valence-electron chi connectivity index (χ1n) is 7.50. The van der Waals surface area contributed by atoms with Crippen molar-refractivity contribution in [3.05, 3.63) is 65.3 Å². The molecule has 0 saturated carbocycles. The zero-order chi connectivity index (χ0) is 18.0. The molecule has 0 bridgehead atoms. The van der Waals surface area contributed by atoms with Crippen molar-refractivity contribution in [2.75, 3.05) is 0 Å². The predicted octanol–water partition coefficient (Wildman–Crippen LogP) is 2.97. The average Bonchev–Trinajstić information content (AvgIpc) is 3.05. The summed E-state index contributed by atoms with van der Waals surface area (Å²) >= 11 is 0. The average molecular weight is 361 g/mol. The lowest BCUT2D eigenvalue weighted by Gasteiger charge is -2.06. The molecule has 0 fully saturated rings. The lowest BCUT2D eigenvalue weighted by atomic mass is 10.1. The van der Waals surface area contributed by atoms with E-state index in [0.29, 0.717) is 5.89 Å². The van der Waals surface area contributed by atoms with Crippen LogP contribution in [0.1, 0.15) is 17.0 Å². The van der Waals surface area contributed by atoms with E-state index in [9.17, 15) is 12.8 Å². The van der Waals surface area contributed by atoms with Crippen LogP contribution in [0.15, 0.2) is 51.8 Å². The van der Waals surface area contributed by atoms with E-state index in [4.69, 9.17) is 4.42 Å². The van der Waals surface area contributed by atoms with Crippen molar-refractivity contribution >= 4 is 10.0 Å². The molecule has 2 aromatic carbocycles. The van der Waals surface area contributed by atoms with Gasteiger partial charge in [-0.1, -0.05) is 17.7 Å². The first kappa shape index (κ1) is 17.2. The number of aromatic nitrogens is 2. The van der Waals surface area contributed by atoms with Crippen molar-refractivity contribution in [3.63, 3.8) is 0 Å². The Balaban J connectivity index is 1.73. The van der Waals surface area contributed by atoms with E-state index >= 15 is 0 Å². The van der Waals surface area contributed by atoms with Crippen LogP contribution in [-0.2, 0) is 16.6 Å². The van der Waals surface area contributed by atoms with Crippen LogP contribution < -0.4 is 4.72 Å². The molecule has 1 N–H and O–H groups in total. The van der Waals surface area contributed by atoms with E-state index in [1.165, 1.54) is 19.1 Å². The van der Waals surface area contributed by atoms with Crippen molar-refractivity contribution in [2.24, 2.45) is 0 Å². The Kier molecular flexibility index (Phi) is 4.65. The fourth-order valence-corrected chi connectivity index (χ4v) is 3.22. The molecule has 0 aliphatic heterocycles. The highest BCUT2D eigenvalue weighted by Crippen LogP contribution is 2.19. The standard InChI is InChI=1S/C17H16FN3O3S/c1-11-3-5-13(6-4-11)17-21-20-16(24-17)10-19-25(22,23)14-7-8-15(18)12(2)9-14/h3-9,19H,10H2,1-2H3. The Hall–Kier alpha value is -2.58. The number of sulfonamides is 1. The van der Waals surface area contributed by atoms with E-state index in [-0.39, 0.29) is 22.9 Å². The van der Waals surface area contributed by atoms with Gasteiger partial charge in [0.05, 0.1) is 11.4 Å². The first-order valence-corrected chi connectivity index (χ1v) is 8.99. The number of nitrogens with zero attached hydrogens (tertiary/aromatic N) is 2. The Morgan fingerprint density at radius 2 is 1.80 bits per heavy atom. The third-order valence-corrected chi connectivity index (χ3v) is 5.02. The van der Waals surface area contributed by atoms with Gasteiger partial charge in [-0.3, -0.25) is 0 Å². The molecule has 1 heterocycles. The maximum atomic E-state index is 13.3. The first-order chi connectivity index (χ1) is 11.8. The molecule has 0 amide bonds. The molecule has 3 aromatic rings. The highest BCUT2D eigenvalue weighted by atomic mass is 32.2. The van der Waals surface area contributed by atoms with E-state index in [0.717, 1.165) is 17.2 Å². The van der Waals surface area contributed by atoms with Crippen LogP contribution in [0.4, 0.5) is 4.39 Å². The maximum Gasteiger partial charge on any atom is 0.247 e. The molecule has 0 spiro atoms. The highest BCUT2D eigenvalue weighted by Gasteiger charge is 2.17. The van der Waals surface area contributed by atoms with Gasteiger partial charge in [0.2, 0.25) is 21.8 Å². The minimum atomic E-state index is -3.80. The van der Waals surface area contributed by atoms with Crippen molar-refractivity contribution in [1.29, 1.82) is 0 Å². The molecule has 130 valence electrons. The second kappa shape index (κ2) is 6.73. The minimum absolute atomic E-state index is 0.0235. The Morgan fingerprint density at radius 3 is 2.48 bits per heavy atom. The normalized spacial score (nSPS) is 11.6. The molecular formula is C17H16FN3O3S. The summed E-state index contributed by atoms with van der Waals surface area (Å²) in [5.74, 6) is -0.0107. The molecule has 0 aliphatic rings. The number of hydrogen-bond acceptors (Lipinski definition) is 5. The topological polar surface area (TPSA) is 85.1 Å². The van der Waals surface area contributed by atoms with Crippen LogP contribution in [0.25, 0.3) is 11.5 Å². The van der Waals surface area contributed by atoms with Crippen LogP contribution in [0, 0.1) is 19.7 Å². The Morgan fingerprint density at radius 1 is 1.08 bits per heavy atom. The van der Waals surface area contributed by atoms with Gasteiger partial charge in [-0.05, 0) is 49.7 Å². The molecule has 0 atom stereocenters. The van der Waals surface area contributed by atoms with Gasteiger partial charge < -0.3 is 4.42 Å². The molecule has 1 aromatic heterocycles. The number of aryl methyl sites for hydroxylation is 2. The summed E-state index contributed by atoms with van der Waals surface area (Å²) in [6, 6.07) is 11.1. The van der Waals surface area contributed by atoms with Gasteiger partial charge >= 0.3 is 0 Å². The smallest absolute Gasteiger partial charge is 0.247 e. The summed E-state index contributed by atoms with van der Waals surface area (Å²) in [6.07, 6.45) is 0. The molecule has 3 rings (SSSR count). The van der Waals surface area contributed by atoms with Crippen molar-refractivity contribution in [3.8, 4) is 11.5 Å². The summed E-state index contributed by atoms with van der Waals surface area (Å²) in [4.78, 5) is -0.0235. The van der Waals surface area contributed by atoms with Crippen molar-refractivity contribution in [1.82, 2.24) is 14.9 Å². The fourth-order valence-electron chi connectivity index (χ4n) is 2.16. The highest BCUT2D eigenvalue weighted by molar-refractivity contribution is 7.89. The third-order valence-electron chi connectivity index (χ3n) is 3.62. The van der Waals surface area contributed by atoms with Crippen LogP contribution in [0.2, 0.25) is 0 Å². The summed E-state index contributed by atoms with van der Waals surface area (Å²) in [5, 5.41) is 7.75. The predicted molar refractivity (Wildman–Crippen MR) is 89.6 cm³/mol. The second-order valence-corrected chi connectivity index (χ2v) is 7.37. The molecule has 25 heavy (non-hydrogen) atoms. The van der Waals surface area contributed by atoms with Crippen molar-refractivity contribution in [2.45, 2.75) is 25.3 Å². The van der Waals surface area contributed by atoms with Crippen LogP contribution >= 0.6 is 0 Å². The molecular weight excluding hydrogens is 345 g/mol. The molecule has 6 nitrogen and oxygen atoms in total. The van der Waals surface area contributed by atoms with Gasteiger partial charge in [-0.15, -0.1) is 10.2 Å². The molecule has 0 unspecified atom stereocenters. The zero-order valence-corrected chi connectivity index (χ0v) is 14.5. The van der Waals surface area contributed by atoms with Gasteiger partial charge in [0.15, 0.2) is 0 Å². The fraction of sp³-hybridized carbons (Fsp3) is 0.176. The number of hydrogen-bond donors (Lipinski definition) is 1. The van der Waals surface area contributed by atoms with Gasteiger partial charge in [0, 0.05) is 5.56 Å². The van der Waals surface area contributed by atoms with E-state index in [1.54, 1.807) is 0 Å². The SMILES string of the molecule is Cc1ccc(-c2nnc(CNS(=O)(=O)c3ccc(F)c(C)c3)o2)cc1. The molecule has 0 saturated heterocycles. The zero-order valence-electron chi connectivity index (χ0n) is 13.7. The van der Waals surface area contributed by atoms with E-state index in [2.05, 4.69) is 14.9 Å². The molecule has 8 heteroatoms. The summed E-state index contributed by atoms with van der Waals surface area (Å²) in [6.45, 7) is 3.31. The van der Waals surface area contributed by atoms with Gasteiger partial charge in [-0.2, -0.15) is 0 Å². The van der Waals surface area contributed by atoms with Gasteiger partial charge in [-0.25, -0.2) is 17.5 Å². The summed E-state index contributed by atoms with van der Waals surface area (Å²) < 4.78 is 45.6. The maximum absolute atomic E-state index is 13.3. The quantitative estimate of drug-likeness (QED) is 0.755. The van der Waals surface area contributed by atoms with Gasteiger partial charge in [0.1, 0.15) is 5.82 Å². The Bertz CT molecular complexity index is 998. The number of nitrogens with one attached hydrogen (secondary N) is 1. The van der Waals surface area contributed by atoms with Crippen LogP contribution in [-0.4, -0.2) is 18.6 Å². The second-order valence-electron chi connectivity index (χ2n) is 5.60. The third kappa shape index (κ3) is 3.92. The van der Waals surface area contributed by atoms with E-state index in [1.807, 2.05) is 31.2 Å². The number of rotatable bonds is 5. The number of benzene rings is 2. The molecule has 0 aliphatic carbocycles. The Labute approximate surface area is 144 Å². The summed E-state index contributed by atoms with van der Waals surface area (Å²) in [7, 11) is -3.80. The summed E-state index contributed by atoms with van der Waals surface area (Å²) in [5.41, 5.74) is 2.11. The largest absolute Gasteiger partial charge is 0.419 e. The molecule has 0 radical (unpaired) electrons. The lowest BCUT2D eigenvalue weighted by molar-refractivity contribution is 0.494. The van der Waals surface area contributed by atoms with Crippen LogP contribution in [0.5, 0.6) is 0 Å². The van der Waals surface area contributed by atoms with E-state index < -0.39 is 15.8 Å². The monoisotopic (exact) mass is 361 g/mol.